The van der Waals surface area contributed by atoms with Gasteiger partial charge in [-0.25, -0.2) is 4.98 Å². The van der Waals surface area contributed by atoms with E-state index in [1.165, 1.54) is 7.11 Å². The van der Waals surface area contributed by atoms with Gasteiger partial charge in [0.05, 0.1) is 19.0 Å². The Bertz CT molecular complexity index is 586. The molecule has 2 rings (SSSR count). The van der Waals surface area contributed by atoms with E-state index in [0.29, 0.717) is 10.7 Å². The summed E-state index contributed by atoms with van der Waals surface area (Å²) in [6.45, 7) is 0. The fourth-order valence-corrected chi connectivity index (χ4v) is 2.03. The molecule has 18 heavy (non-hydrogen) atoms. The molecule has 0 aliphatic heterocycles. The van der Waals surface area contributed by atoms with Crippen molar-refractivity contribution in [2.75, 3.05) is 7.11 Å². The first-order valence-electron chi connectivity index (χ1n) is 5.49. The van der Waals surface area contributed by atoms with Crippen LogP contribution in [0, 0.1) is 0 Å². The maximum absolute atomic E-state index is 11.2. The fraction of sp³-hybridized carbons (Fsp3) is 0.231. The standard InChI is InChI=1S/C13H13ClN2O2/c1-18-12(17)7-10(15)9-6-8-4-2-3-5-11(8)16-13(9)14/h2-6,10H,7,15H2,1H3/t10-/m1/s1. The van der Waals surface area contributed by atoms with E-state index in [1.54, 1.807) is 0 Å². The number of aromatic nitrogens is 1. The third kappa shape index (κ3) is 2.60. The molecule has 5 heteroatoms. The van der Waals surface area contributed by atoms with Crippen LogP contribution >= 0.6 is 11.6 Å². The van der Waals surface area contributed by atoms with Crippen molar-refractivity contribution >= 4 is 28.5 Å². The van der Waals surface area contributed by atoms with Crippen molar-refractivity contribution in [1.82, 2.24) is 4.98 Å². The molecule has 1 aromatic carbocycles. The van der Waals surface area contributed by atoms with E-state index in [1.807, 2.05) is 30.3 Å². The van der Waals surface area contributed by atoms with Crippen molar-refractivity contribution in [3.8, 4) is 0 Å². The zero-order valence-corrected chi connectivity index (χ0v) is 10.6. The van der Waals surface area contributed by atoms with Gasteiger partial charge in [0.1, 0.15) is 5.15 Å². The minimum Gasteiger partial charge on any atom is -0.469 e. The molecule has 94 valence electrons. The highest BCUT2D eigenvalue weighted by Crippen LogP contribution is 2.26. The van der Waals surface area contributed by atoms with Crippen molar-refractivity contribution < 1.29 is 9.53 Å². The van der Waals surface area contributed by atoms with E-state index in [2.05, 4.69) is 9.72 Å². The Labute approximate surface area is 110 Å². The highest BCUT2D eigenvalue weighted by Gasteiger charge is 2.16. The number of hydrogen-bond donors (Lipinski definition) is 1. The smallest absolute Gasteiger partial charge is 0.307 e. The number of nitrogens with two attached hydrogens (primary N) is 1. The van der Waals surface area contributed by atoms with Crippen molar-refractivity contribution in [3.63, 3.8) is 0 Å². The molecule has 4 nitrogen and oxygen atoms in total. The van der Waals surface area contributed by atoms with Gasteiger partial charge in [0.15, 0.2) is 0 Å². The van der Waals surface area contributed by atoms with Crippen LogP contribution in [0.25, 0.3) is 10.9 Å². The van der Waals surface area contributed by atoms with Crippen LogP contribution in [0.1, 0.15) is 18.0 Å². The van der Waals surface area contributed by atoms with Crippen molar-refractivity contribution in [2.45, 2.75) is 12.5 Å². The van der Waals surface area contributed by atoms with Gasteiger partial charge in [-0.1, -0.05) is 29.8 Å². The Morgan fingerprint density at radius 2 is 2.22 bits per heavy atom. The number of pyridine rings is 1. The van der Waals surface area contributed by atoms with Crippen LogP contribution in [0.5, 0.6) is 0 Å². The number of carbonyl (C=O) groups excluding carboxylic acids is 1. The van der Waals surface area contributed by atoms with Gasteiger partial charge in [0.25, 0.3) is 0 Å². The van der Waals surface area contributed by atoms with Crippen LogP contribution in [0.2, 0.25) is 5.15 Å². The number of esters is 1. The van der Waals surface area contributed by atoms with Gasteiger partial charge in [-0.3, -0.25) is 4.79 Å². The van der Waals surface area contributed by atoms with Gasteiger partial charge in [0, 0.05) is 17.0 Å². The summed E-state index contributed by atoms with van der Waals surface area (Å²) >= 11 is 6.08. The Morgan fingerprint density at radius 3 is 2.94 bits per heavy atom. The fourth-order valence-electron chi connectivity index (χ4n) is 1.74. The molecule has 1 aromatic heterocycles. The minimum absolute atomic E-state index is 0.0796. The first-order valence-corrected chi connectivity index (χ1v) is 5.87. The summed E-state index contributed by atoms with van der Waals surface area (Å²) < 4.78 is 4.59. The average molecular weight is 265 g/mol. The molecular formula is C13H13ClN2O2. The second-order valence-electron chi connectivity index (χ2n) is 3.95. The topological polar surface area (TPSA) is 65.2 Å². The second kappa shape index (κ2) is 5.33. The number of fused-ring (bicyclic) bond motifs is 1. The van der Waals surface area contributed by atoms with E-state index in [4.69, 9.17) is 17.3 Å². The summed E-state index contributed by atoms with van der Waals surface area (Å²) in [5.41, 5.74) is 7.39. The van der Waals surface area contributed by atoms with Crippen molar-refractivity contribution in [3.05, 3.63) is 41.0 Å². The lowest BCUT2D eigenvalue weighted by Gasteiger charge is -2.12. The predicted octanol–water partition coefficient (Wildman–Crippen LogP) is 2.45. The molecule has 0 saturated heterocycles. The van der Waals surface area contributed by atoms with Crippen LogP contribution in [0.4, 0.5) is 0 Å². The third-order valence-corrected chi connectivity index (χ3v) is 3.02. The Morgan fingerprint density at radius 1 is 1.50 bits per heavy atom. The zero-order valence-electron chi connectivity index (χ0n) is 9.89. The predicted molar refractivity (Wildman–Crippen MR) is 70.3 cm³/mol. The highest BCUT2D eigenvalue weighted by molar-refractivity contribution is 6.30. The molecule has 0 radical (unpaired) electrons. The van der Waals surface area contributed by atoms with Crippen LogP contribution in [0.15, 0.2) is 30.3 Å². The van der Waals surface area contributed by atoms with E-state index in [0.717, 1.165) is 10.9 Å². The molecule has 1 heterocycles. The normalized spacial score (nSPS) is 12.4. The summed E-state index contributed by atoms with van der Waals surface area (Å²) in [6, 6.07) is 8.94. The molecule has 0 fully saturated rings. The number of methoxy groups -OCH3 is 1. The summed E-state index contributed by atoms with van der Waals surface area (Å²) in [6.07, 6.45) is 0.0796. The molecule has 0 unspecified atom stereocenters. The molecule has 2 N–H and O–H groups in total. The van der Waals surface area contributed by atoms with Crippen LogP contribution in [0.3, 0.4) is 0 Å². The van der Waals surface area contributed by atoms with E-state index in [-0.39, 0.29) is 12.4 Å². The van der Waals surface area contributed by atoms with E-state index < -0.39 is 6.04 Å². The number of carbonyl (C=O) groups is 1. The largest absolute Gasteiger partial charge is 0.469 e. The molecule has 0 amide bonds. The molecule has 1 atom stereocenters. The van der Waals surface area contributed by atoms with Gasteiger partial charge in [-0.15, -0.1) is 0 Å². The van der Waals surface area contributed by atoms with Gasteiger partial charge >= 0.3 is 5.97 Å². The van der Waals surface area contributed by atoms with Crippen molar-refractivity contribution in [2.24, 2.45) is 5.73 Å². The number of benzene rings is 1. The number of rotatable bonds is 3. The summed E-state index contributed by atoms with van der Waals surface area (Å²) in [4.78, 5) is 15.5. The summed E-state index contributed by atoms with van der Waals surface area (Å²) in [5.74, 6) is -0.369. The number of nitrogens with zero attached hydrogens (tertiary/aromatic N) is 1. The van der Waals surface area contributed by atoms with Gasteiger partial charge < -0.3 is 10.5 Å². The minimum atomic E-state index is -0.512. The van der Waals surface area contributed by atoms with Crippen molar-refractivity contribution in [1.29, 1.82) is 0 Å². The third-order valence-electron chi connectivity index (χ3n) is 2.72. The second-order valence-corrected chi connectivity index (χ2v) is 4.31. The molecule has 0 aliphatic rings. The van der Waals surface area contributed by atoms with Gasteiger partial charge in [-0.05, 0) is 12.1 Å². The maximum Gasteiger partial charge on any atom is 0.307 e. The average Bonchev–Trinajstić information content (AvgIpc) is 2.37. The summed E-state index contributed by atoms with van der Waals surface area (Å²) in [7, 11) is 1.33. The lowest BCUT2D eigenvalue weighted by atomic mass is 10.0. The lowest BCUT2D eigenvalue weighted by molar-refractivity contribution is -0.141. The van der Waals surface area contributed by atoms with Crippen LogP contribution in [-0.2, 0) is 9.53 Å². The lowest BCUT2D eigenvalue weighted by Crippen LogP contribution is -2.17. The number of hydrogen-bond acceptors (Lipinski definition) is 4. The molecule has 2 aromatic rings. The maximum atomic E-state index is 11.2. The Kier molecular flexibility index (Phi) is 3.79. The number of halogens is 1. The Balaban J connectivity index is 2.38. The molecule has 0 saturated carbocycles. The number of para-hydroxylation sites is 1. The molecular weight excluding hydrogens is 252 g/mol. The summed E-state index contributed by atoms with van der Waals surface area (Å²) in [5, 5.41) is 1.27. The first kappa shape index (κ1) is 12.8. The highest BCUT2D eigenvalue weighted by atomic mass is 35.5. The van der Waals surface area contributed by atoms with Crippen LogP contribution in [-0.4, -0.2) is 18.1 Å². The van der Waals surface area contributed by atoms with Gasteiger partial charge in [-0.2, -0.15) is 0 Å². The van der Waals surface area contributed by atoms with Crippen LogP contribution < -0.4 is 5.73 Å². The van der Waals surface area contributed by atoms with E-state index >= 15 is 0 Å². The molecule has 0 aliphatic carbocycles. The monoisotopic (exact) mass is 264 g/mol. The zero-order chi connectivity index (χ0) is 13.1. The quantitative estimate of drug-likeness (QED) is 0.683. The Hall–Kier alpha value is -1.65. The molecule has 0 bridgehead atoms. The van der Waals surface area contributed by atoms with Gasteiger partial charge in [0.2, 0.25) is 0 Å². The number of ether oxygens (including phenoxy) is 1. The van der Waals surface area contributed by atoms with E-state index in [9.17, 15) is 4.79 Å². The SMILES string of the molecule is COC(=O)C[C@@H](N)c1cc2ccccc2nc1Cl. The first-order chi connectivity index (χ1) is 8.61. The molecule has 0 spiro atoms.